The molecule has 1 aliphatic rings. The van der Waals surface area contributed by atoms with Crippen LogP contribution in [0.5, 0.6) is 0 Å². The Kier molecular flexibility index (Phi) is 2.46. The van der Waals surface area contributed by atoms with Gasteiger partial charge < -0.3 is 5.11 Å². The molecule has 0 spiro atoms. The highest BCUT2D eigenvalue weighted by Gasteiger charge is 2.19. The van der Waals surface area contributed by atoms with Gasteiger partial charge >= 0.3 is 0 Å². The lowest BCUT2D eigenvalue weighted by Crippen LogP contribution is -2.18. The van der Waals surface area contributed by atoms with Crippen LogP contribution in [0, 0.1) is 0 Å². The van der Waals surface area contributed by atoms with E-state index in [2.05, 4.69) is 24.3 Å². The highest BCUT2D eigenvalue weighted by Crippen LogP contribution is 2.27. The molecule has 1 aliphatic carbocycles. The van der Waals surface area contributed by atoms with Gasteiger partial charge in [-0.2, -0.15) is 0 Å². The molecule has 1 aromatic carbocycles. The molecule has 1 heteroatoms. The van der Waals surface area contributed by atoms with E-state index in [1.807, 2.05) is 18.2 Å². The van der Waals surface area contributed by atoms with Crippen molar-refractivity contribution in [2.75, 3.05) is 0 Å². The third kappa shape index (κ3) is 1.81. The summed E-state index contributed by atoms with van der Waals surface area (Å²) in [5, 5.41) is 9.77. The Balaban J connectivity index is 2.25. The first-order valence-corrected chi connectivity index (χ1v) is 4.77. The fourth-order valence-corrected chi connectivity index (χ4v) is 1.83. The van der Waals surface area contributed by atoms with Gasteiger partial charge in [-0.05, 0) is 18.4 Å². The Hall–Kier alpha value is -1.08. The van der Waals surface area contributed by atoms with Crippen LogP contribution in [0.15, 0.2) is 42.5 Å². The van der Waals surface area contributed by atoms with E-state index in [-0.39, 0.29) is 12.0 Å². The topological polar surface area (TPSA) is 20.2 Å². The van der Waals surface area contributed by atoms with Crippen molar-refractivity contribution in [3.8, 4) is 0 Å². The Morgan fingerprint density at radius 1 is 1.15 bits per heavy atom. The maximum absolute atomic E-state index is 9.77. The molecular weight excluding hydrogens is 160 g/mol. The van der Waals surface area contributed by atoms with Gasteiger partial charge in [0.15, 0.2) is 0 Å². The molecule has 13 heavy (non-hydrogen) atoms. The predicted molar refractivity (Wildman–Crippen MR) is 53.6 cm³/mol. The van der Waals surface area contributed by atoms with E-state index in [0.717, 1.165) is 12.8 Å². The lowest BCUT2D eigenvalue weighted by Gasteiger charge is -2.23. The Morgan fingerprint density at radius 2 is 1.92 bits per heavy atom. The van der Waals surface area contributed by atoms with Crippen LogP contribution in [-0.2, 0) is 0 Å². The van der Waals surface area contributed by atoms with Gasteiger partial charge in [0.2, 0.25) is 0 Å². The molecule has 0 bridgehead atoms. The minimum Gasteiger partial charge on any atom is -0.392 e. The molecule has 2 rings (SSSR count). The van der Waals surface area contributed by atoms with Gasteiger partial charge in [-0.1, -0.05) is 42.5 Å². The van der Waals surface area contributed by atoms with E-state index in [9.17, 15) is 5.11 Å². The number of rotatable bonds is 1. The van der Waals surface area contributed by atoms with Gasteiger partial charge in [-0.25, -0.2) is 0 Å². The summed E-state index contributed by atoms with van der Waals surface area (Å²) in [6, 6.07) is 10.2. The van der Waals surface area contributed by atoms with Crippen LogP contribution < -0.4 is 0 Å². The summed E-state index contributed by atoms with van der Waals surface area (Å²) in [6.45, 7) is 0. The SMILES string of the molecule is OC1CCC=CC1c1ccccc1. The number of aliphatic hydroxyl groups is 1. The van der Waals surface area contributed by atoms with Crippen molar-refractivity contribution in [1.29, 1.82) is 0 Å². The van der Waals surface area contributed by atoms with Crippen LogP contribution >= 0.6 is 0 Å². The maximum Gasteiger partial charge on any atom is 0.0646 e. The highest BCUT2D eigenvalue weighted by molar-refractivity contribution is 5.26. The summed E-state index contributed by atoms with van der Waals surface area (Å²) in [6.07, 6.45) is 5.96. The number of hydrogen-bond acceptors (Lipinski definition) is 1. The first-order valence-electron chi connectivity index (χ1n) is 4.77. The van der Waals surface area contributed by atoms with Crippen molar-refractivity contribution in [2.45, 2.75) is 24.9 Å². The van der Waals surface area contributed by atoms with Gasteiger partial charge in [-0.15, -0.1) is 0 Å². The molecule has 1 aromatic rings. The standard InChI is InChI=1S/C12H14O/c13-12-9-5-4-8-11(12)10-6-2-1-3-7-10/h1-4,6-8,11-13H,5,9H2. The predicted octanol–water partition coefficient (Wildman–Crippen LogP) is 2.48. The van der Waals surface area contributed by atoms with Crippen LogP contribution in [0.25, 0.3) is 0 Å². The molecule has 2 atom stereocenters. The van der Waals surface area contributed by atoms with Gasteiger partial charge in [-0.3, -0.25) is 0 Å². The number of aliphatic hydroxyl groups excluding tert-OH is 1. The minimum absolute atomic E-state index is 0.201. The average Bonchev–Trinajstić information content (AvgIpc) is 2.20. The normalized spacial score (nSPS) is 27.5. The highest BCUT2D eigenvalue weighted by atomic mass is 16.3. The van der Waals surface area contributed by atoms with Crippen LogP contribution in [0.1, 0.15) is 24.3 Å². The Morgan fingerprint density at radius 3 is 2.62 bits per heavy atom. The molecule has 0 amide bonds. The van der Waals surface area contributed by atoms with Crippen molar-refractivity contribution < 1.29 is 5.11 Å². The molecule has 0 aromatic heterocycles. The van der Waals surface area contributed by atoms with E-state index in [4.69, 9.17) is 0 Å². The Bertz CT molecular complexity index is 289. The fourth-order valence-electron chi connectivity index (χ4n) is 1.83. The molecule has 0 heterocycles. The van der Waals surface area contributed by atoms with Gasteiger partial charge in [0.1, 0.15) is 0 Å². The molecule has 68 valence electrons. The van der Waals surface area contributed by atoms with E-state index in [1.54, 1.807) is 0 Å². The Labute approximate surface area is 78.7 Å². The third-order valence-corrected chi connectivity index (χ3v) is 2.57. The monoisotopic (exact) mass is 174 g/mol. The van der Waals surface area contributed by atoms with Crippen LogP contribution in [0.3, 0.4) is 0 Å². The molecule has 2 unspecified atom stereocenters. The molecule has 0 fully saturated rings. The summed E-state index contributed by atoms with van der Waals surface area (Å²) >= 11 is 0. The van der Waals surface area contributed by atoms with E-state index < -0.39 is 0 Å². The third-order valence-electron chi connectivity index (χ3n) is 2.57. The zero-order chi connectivity index (χ0) is 9.10. The van der Waals surface area contributed by atoms with Crippen molar-refractivity contribution in [3.05, 3.63) is 48.0 Å². The molecule has 0 saturated carbocycles. The molecular formula is C12H14O. The minimum atomic E-state index is -0.201. The zero-order valence-corrected chi connectivity index (χ0v) is 7.56. The van der Waals surface area contributed by atoms with E-state index in [1.165, 1.54) is 5.56 Å². The quantitative estimate of drug-likeness (QED) is 0.648. The second-order valence-corrected chi connectivity index (χ2v) is 3.51. The average molecular weight is 174 g/mol. The first-order chi connectivity index (χ1) is 6.38. The van der Waals surface area contributed by atoms with Crippen LogP contribution in [-0.4, -0.2) is 11.2 Å². The fraction of sp³-hybridized carbons (Fsp3) is 0.333. The zero-order valence-electron chi connectivity index (χ0n) is 7.56. The second-order valence-electron chi connectivity index (χ2n) is 3.51. The number of allylic oxidation sites excluding steroid dienone is 1. The van der Waals surface area contributed by atoms with Crippen molar-refractivity contribution in [2.24, 2.45) is 0 Å². The van der Waals surface area contributed by atoms with Crippen LogP contribution in [0.4, 0.5) is 0 Å². The van der Waals surface area contributed by atoms with E-state index in [0.29, 0.717) is 0 Å². The first kappa shape index (κ1) is 8.52. The lowest BCUT2D eigenvalue weighted by molar-refractivity contribution is 0.145. The summed E-state index contributed by atoms with van der Waals surface area (Å²) in [4.78, 5) is 0. The second kappa shape index (κ2) is 3.75. The smallest absolute Gasteiger partial charge is 0.0646 e. The van der Waals surface area contributed by atoms with Gasteiger partial charge in [0.05, 0.1) is 6.10 Å². The van der Waals surface area contributed by atoms with Crippen molar-refractivity contribution in [1.82, 2.24) is 0 Å². The molecule has 1 N–H and O–H groups in total. The van der Waals surface area contributed by atoms with Crippen LogP contribution in [0.2, 0.25) is 0 Å². The summed E-state index contributed by atoms with van der Waals surface area (Å²) < 4.78 is 0. The molecule has 0 radical (unpaired) electrons. The number of hydrogen-bond donors (Lipinski definition) is 1. The maximum atomic E-state index is 9.77. The van der Waals surface area contributed by atoms with E-state index >= 15 is 0 Å². The summed E-state index contributed by atoms with van der Waals surface area (Å²) in [5.74, 6) is 0.204. The summed E-state index contributed by atoms with van der Waals surface area (Å²) in [5.41, 5.74) is 1.21. The van der Waals surface area contributed by atoms with Crippen molar-refractivity contribution >= 4 is 0 Å². The largest absolute Gasteiger partial charge is 0.392 e. The van der Waals surface area contributed by atoms with Gasteiger partial charge in [0.25, 0.3) is 0 Å². The summed E-state index contributed by atoms with van der Waals surface area (Å²) in [7, 11) is 0. The number of benzene rings is 1. The lowest BCUT2D eigenvalue weighted by atomic mass is 9.87. The molecule has 0 saturated heterocycles. The molecule has 1 nitrogen and oxygen atoms in total. The van der Waals surface area contributed by atoms with Crippen molar-refractivity contribution in [3.63, 3.8) is 0 Å². The molecule has 0 aliphatic heterocycles. The van der Waals surface area contributed by atoms with Gasteiger partial charge in [0, 0.05) is 5.92 Å².